The highest BCUT2D eigenvalue weighted by atomic mass is 32.2. The zero-order chi connectivity index (χ0) is 44.4. The largest absolute Gasteiger partial charge is 0.310 e. The third kappa shape index (κ3) is 5.35. The molecule has 0 saturated heterocycles. The van der Waals surface area contributed by atoms with Gasteiger partial charge >= 0.3 is 0 Å². The van der Waals surface area contributed by atoms with Crippen molar-refractivity contribution in [2.75, 3.05) is 4.90 Å². The molecule has 1 aromatic heterocycles. The minimum absolute atomic E-state index is 0.121. The van der Waals surface area contributed by atoms with Gasteiger partial charge in [-0.05, 0) is 127 Å². The first-order chi connectivity index (χ1) is 33.0. The number of para-hydroxylation sites is 1. The Balaban J connectivity index is 0.964. The second-order valence-electron chi connectivity index (χ2n) is 18.8. The van der Waals surface area contributed by atoms with Gasteiger partial charge in [-0.2, -0.15) is 0 Å². The summed E-state index contributed by atoms with van der Waals surface area (Å²) in [5, 5.41) is 2.52. The number of hydrogen-bond donors (Lipinski definition) is 0. The lowest BCUT2D eigenvalue weighted by atomic mass is 9.67. The Morgan fingerprint density at radius 3 is 1.64 bits per heavy atom. The van der Waals surface area contributed by atoms with E-state index >= 15 is 0 Å². The van der Waals surface area contributed by atoms with Crippen molar-refractivity contribution >= 4 is 50.6 Å². The van der Waals surface area contributed by atoms with E-state index in [1.807, 2.05) is 11.8 Å². The Hall–Kier alpha value is -7.85. The van der Waals surface area contributed by atoms with Gasteiger partial charge in [-0.3, -0.25) is 0 Å². The van der Waals surface area contributed by atoms with Crippen LogP contribution in [0.5, 0.6) is 0 Å². The van der Waals surface area contributed by atoms with Crippen LogP contribution in [0.4, 0.5) is 17.1 Å². The summed E-state index contributed by atoms with van der Waals surface area (Å²) in [6.07, 6.45) is 0. The van der Waals surface area contributed by atoms with Crippen LogP contribution in [0.2, 0.25) is 0 Å². The number of hydrogen-bond acceptors (Lipinski definition) is 2. The molecule has 11 aromatic rings. The second kappa shape index (κ2) is 14.3. The van der Waals surface area contributed by atoms with Crippen molar-refractivity contribution in [1.29, 1.82) is 0 Å². The summed E-state index contributed by atoms with van der Waals surface area (Å²) in [5.41, 5.74) is 22.2. The molecule has 0 saturated carbocycles. The van der Waals surface area contributed by atoms with Gasteiger partial charge in [0.1, 0.15) is 0 Å². The van der Waals surface area contributed by atoms with Crippen LogP contribution in [-0.2, 0) is 10.8 Å². The lowest BCUT2D eigenvalue weighted by molar-refractivity contribution is 0.660. The van der Waals surface area contributed by atoms with Crippen molar-refractivity contribution in [1.82, 2.24) is 4.57 Å². The van der Waals surface area contributed by atoms with E-state index < -0.39 is 5.41 Å². The molecule has 14 rings (SSSR count). The van der Waals surface area contributed by atoms with Crippen LogP contribution in [-0.4, -0.2) is 4.57 Å². The third-order valence-corrected chi connectivity index (χ3v) is 16.3. The minimum atomic E-state index is -0.452. The summed E-state index contributed by atoms with van der Waals surface area (Å²) in [7, 11) is 0. The molecule has 10 aromatic carbocycles. The molecule has 0 radical (unpaired) electrons. The van der Waals surface area contributed by atoms with E-state index in [1.165, 1.54) is 98.4 Å². The van der Waals surface area contributed by atoms with E-state index in [0.717, 1.165) is 22.7 Å². The van der Waals surface area contributed by atoms with Crippen molar-refractivity contribution in [3.05, 3.63) is 264 Å². The molecule has 3 heteroatoms. The fourth-order valence-corrected chi connectivity index (χ4v) is 13.4. The first kappa shape index (κ1) is 38.4. The van der Waals surface area contributed by atoms with Gasteiger partial charge in [0.05, 0.1) is 16.4 Å². The van der Waals surface area contributed by atoms with Crippen molar-refractivity contribution in [2.24, 2.45) is 0 Å². The first-order valence-electron chi connectivity index (χ1n) is 23.3. The maximum atomic E-state index is 2.53. The van der Waals surface area contributed by atoms with Gasteiger partial charge in [0, 0.05) is 48.7 Å². The molecule has 3 aliphatic rings. The molecule has 2 nitrogen and oxygen atoms in total. The van der Waals surface area contributed by atoms with Gasteiger partial charge < -0.3 is 9.47 Å². The Kier molecular flexibility index (Phi) is 8.21. The fourth-order valence-electron chi connectivity index (χ4n) is 12.1. The Labute approximate surface area is 395 Å². The molecule has 67 heavy (non-hydrogen) atoms. The number of rotatable bonds is 5. The first-order valence-corrected chi connectivity index (χ1v) is 24.2. The summed E-state index contributed by atoms with van der Waals surface area (Å²) in [4.78, 5) is 5.04. The van der Waals surface area contributed by atoms with Crippen LogP contribution in [0.25, 0.3) is 60.9 Å². The molecule has 2 aliphatic carbocycles. The van der Waals surface area contributed by atoms with E-state index in [-0.39, 0.29) is 5.41 Å². The van der Waals surface area contributed by atoms with Crippen molar-refractivity contribution in [3.63, 3.8) is 0 Å². The maximum Gasteiger partial charge on any atom is 0.0736 e. The van der Waals surface area contributed by atoms with Crippen LogP contribution >= 0.6 is 11.8 Å². The zero-order valence-corrected chi connectivity index (χ0v) is 38.1. The monoisotopic (exact) mass is 872 g/mol. The van der Waals surface area contributed by atoms with Crippen LogP contribution in [0.3, 0.4) is 0 Å². The smallest absolute Gasteiger partial charge is 0.0736 e. The van der Waals surface area contributed by atoms with Crippen LogP contribution in [0.1, 0.15) is 47.2 Å². The van der Waals surface area contributed by atoms with Crippen LogP contribution in [0, 0.1) is 0 Å². The van der Waals surface area contributed by atoms with E-state index in [0.29, 0.717) is 0 Å². The molecule has 0 atom stereocenters. The maximum absolute atomic E-state index is 2.53. The van der Waals surface area contributed by atoms with Gasteiger partial charge in [0.25, 0.3) is 0 Å². The van der Waals surface area contributed by atoms with Gasteiger partial charge in [-0.25, -0.2) is 0 Å². The summed E-state index contributed by atoms with van der Waals surface area (Å²) in [6.45, 7) is 4.73. The van der Waals surface area contributed by atoms with Gasteiger partial charge in [0.2, 0.25) is 0 Å². The molecule has 316 valence electrons. The Morgan fingerprint density at radius 2 is 0.925 bits per heavy atom. The molecule has 0 N–H and O–H groups in total. The summed E-state index contributed by atoms with van der Waals surface area (Å²) in [6, 6.07) is 86.0. The molecule has 2 heterocycles. The SMILES string of the molecule is CC1(C)c2ccccc2-c2ccc(N(c3ccc(-c4ccccc4)cc3)c3ccc(-n4c5ccccc5c5ccc6c(c54)Sc4ccccc4C64c5ccccc5-c5ccccc54)cc3)cc21. The van der Waals surface area contributed by atoms with E-state index in [1.54, 1.807) is 0 Å². The Morgan fingerprint density at radius 1 is 0.388 bits per heavy atom. The van der Waals surface area contributed by atoms with Crippen molar-refractivity contribution < 1.29 is 0 Å². The normalized spacial score (nSPS) is 14.3. The molecule has 0 unspecified atom stereocenters. The number of benzene rings is 10. The zero-order valence-electron chi connectivity index (χ0n) is 37.2. The van der Waals surface area contributed by atoms with E-state index in [2.05, 4.69) is 254 Å². The van der Waals surface area contributed by atoms with Crippen LogP contribution in [0.15, 0.2) is 240 Å². The number of aromatic nitrogens is 1. The highest BCUT2D eigenvalue weighted by Crippen LogP contribution is 2.63. The highest BCUT2D eigenvalue weighted by Gasteiger charge is 2.50. The number of anilines is 3. The summed E-state index contributed by atoms with van der Waals surface area (Å²) < 4.78 is 2.53. The van der Waals surface area contributed by atoms with Crippen molar-refractivity contribution in [2.45, 2.75) is 34.5 Å². The highest BCUT2D eigenvalue weighted by molar-refractivity contribution is 7.99. The molecule has 0 fully saturated rings. The average Bonchev–Trinajstić information content (AvgIpc) is 3.96. The number of nitrogens with zero attached hydrogens (tertiary/aromatic N) is 2. The van der Waals surface area contributed by atoms with Crippen molar-refractivity contribution in [3.8, 4) is 39.1 Å². The summed E-state index contributed by atoms with van der Waals surface area (Å²) in [5.74, 6) is 0. The predicted octanol–water partition coefficient (Wildman–Crippen LogP) is 17.1. The third-order valence-electron chi connectivity index (χ3n) is 15.1. The standard InChI is InChI=1S/C64H44N2S/c1-63(2)53-22-10-6-18-47(53)50-37-36-46(40-58(50)63)65(43-30-28-42(29-31-43)41-16-4-3-5-17-41)44-32-34-45(35-33-44)66-59-26-14-9-21-51(59)52-38-39-57-62(61(52)66)67-60-27-15-13-25-56(60)64(57)54-23-11-7-19-48(54)49-20-8-12-24-55(49)64/h3-40H,1-2H3. The predicted molar refractivity (Wildman–Crippen MR) is 280 cm³/mol. The van der Waals surface area contributed by atoms with Gasteiger partial charge in [-0.15, -0.1) is 0 Å². The van der Waals surface area contributed by atoms with E-state index in [9.17, 15) is 0 Å². The van der Waals surface area contributed by atoms with Gasteiger partial charge in [0.15, 0.2) is 0 Å². The lowest BCUT2D eigenvalue weighted by Gasteiger charge is -2.40. The lowest BCUT2D eigenvalue weighted by Crippen LogP contribution is -2.32. The quantitative estimate of drug-likeness (QED) is 0.170. The molecule has 1 aliphatic heterocycles. The molecule has 0 bridgehead atoms. The number of fused-ring (bicyclic) bond motifs is 16. The molecular formula is C64H44N2S. The fraction of sp³-hybridized carbons (Fsp3) is 0.0625. The van der Waals surface area contributed by atoms with Gasteiger partial charge in [-0.1, -0.05) is 195 Å². The molecular weight excluding hydrogens is 829 g/mol. The summed E-state index contributed by atoms with van der Waals surface area (Å²) >= 11 is 1.92. The average molecular weight is 873 g/mol. The topological polar surface area (TPSA) is 8.17 Å². The second-order valence-corrected chi connectivity index (χ2v) is 19.8. The van der Waals surface area contributed by atoms with Crippen LogP contribution < -0.4 is 4.90 Å². The minimum Gasteiger partial charge on any atom is -0.310 e. The van der Waals surface area contributed by atoms with E-state index in [4.69, 9.17) is 0 Å². The Bertz CT molecular complexity index is 3760. The molecule has 1 spiro atoms. The molecule has 0 amide bonds.